The highest BCUT2D eigenvalue weighted by atomic mass is 19.4. The summed E-state index contributed by atoms with van der Waals surface area (Å²) in [7, 11) is 0. The van der Waals surface area contributed by atoms with Crippen LogP contribution in [0.4, 0.5) is 18.9 Å². The lowest BCUT2D eigenvalue weighted by atomic mass is 9.84. The molecular formula is C23H26F3NO2. The molecule has 1 aliphatic heterocycles. The van der Waals surface area contributed by atoms with Gasteiger partial charge in [0.05, 0.1) is 11.6 Å². The Balaban J connectivity index is 1.90. The largest absolute Gasteiger partial charge is 0.481 e. The summed E-state index contributed by atoms with van der Waals surface area (Å²) in [5.41, 5.74) is 2.33. The van der Waals surface area contributed by atoms with E-state index in [1.807, 2.05) is 12.1 Å². The molecule has 3 rings (SSSR count). The predicted molar refractivity (Wildman–Crippen MR) is 107 cm³/mol. The van der Waals surface area contributed by atoms with Crippen LogP contribution in [0.1, 0.15) is 61.8 Å². The second kappa shape index (κ2) is 8.47. The summed E-state index contributed by atoms with van der Waals surface area (Å²) in [6, 6.07) is 13.3. The molecule has 29 heavy (non-hydrogen) atoms. The molecule has 1 saturated heterocycles. The Morgan fingerprint density at radius 2 is 1.72 bits per heavy atom. The van der Waals surface area contributed by atoms with Gasteiger partial charge in [0.2, 0.25) is 0 Å². The molecule has 0 amide bonds. The fourth-order valence-corrected chi connectivity index (χ4v) is 4.04. The molecular weight excluding hydrogens is 379 g/mol. The molecule has 0 bridgehead atoms. The standard InChI is InChI=1S/C23H26F3NO2/c1-15(2)17-5-9-20(10-6-17)27-12-11-16(14-22(28)29)13-21(27)18-3-7-19(8-4-18)23(24,25)26/h3-10,15-16,21H,11-14H2,1-2H3,(H,28,29)/t16-,21-/m0/s1. The predicted octanol–water partition coefficient (Wildman–Crippen LogP) is 6.26. The quantitative estimate of drug-likeness (QED) is 0.638. The van der Waals surface area contributed by atoms with E-state index in [2.05, 4.69) is 30.9 Å². The van der Waals surface area contributed by atoms with E-state index < -0.39 is 17.7 Å². The molecule has 0 aromatic heterocycles. The Labute approximate surface area is 169 Å². The van der Waals surface area contributed by atoms with E-state index in [0.717, 1.165) is 29.8 Å². The van der Waals surface area contributed by atoms with Gasteiger partial charge in [-0.15, -0.1) is 0 Å². The van der Waals surface area contributed by atoms with Crippen molar-refractivity contribution in [1.29, 1.82) is 0 Å². The van der Waals surface area contributed by atoms with E-state index in [4.69, 9.17) is 0 Å². The van der Waals surface area contributed by atoms with Crippen molar-refractivity contribution in [1.82, 2.24) is 0 Å². The lowest BCUT2D eigenvalue weighted by Gasteiger charge is -2.41. The highest BCUT2D eigenvalue weighted by molar-refractivity contribution is 5.67. The number of halogens is 3. The van der Waals surface area contributed by atoms with Gasteiger partial charge in [-0.3, -0.25) is 4.79 Å². The van der Waals surface area contributed by atoms with Gasteiger partial charge in [0, 0.05) is 18.7 Å². The number of rotatable bonds is 5. The summed E-state index contributed by atoms with van der Waals surface area (Å²) < 4.78 is 38.8. The maximum Gasteiger partial charge on any atom is 0.416 e. The zero-order valence-electron chi connectivity index (χ0n) is 16.6. The van der Waals surface area contributed by atoms with Crippen molar-refractivity contribution >= 4 is 11.7 Å². The zero-order valence-corrected chi connectivity index (χ0v) is 16.6. The van der Waals surface area contributed by atoms with E-state index in [9.17, 15) is 23.1 Å². The number of piperidine rings is 1. The molecule has 156 valence electrons. The minimum Gasteiger partial charge on any atom is -0.481 e. The fourth-order valence-electron chi connectivity index (χ4n) is 4.04. The van der Waals surface area contributed by atoms with Crippen LogP contribution in [0.15, 0.2) is 48.5 Å². The average Bonchev–Trinajstić information content (AvgIpc) is 2.67. The molecule has 2 aromatic carbocycles. The molecule has 6 heteroatoms. The summed E-state index contributed by atoms with van der Waals surface area (Å²) >= 11 is 0. The molecule has 1 N–H and O–H groups in total. The molecule has 1 aliphatic rings. The van der Waals surface area contributed by atoms with E-state index in [1.165, 1.54) is 17.7 Å². The van der Waals surface area contributed by atoms with E-state index >= 15 is 0 Å². The zero-order chi connectivity index (χ0) is 21.2. The number of carboxylic acid groups (broad SMARTS) is 1. The molecule has 1 fully saturated rings. The van der Waals surface area contributed by atoms with Crippen molar-refractivity contribution < 1.29 is 23.1 Å². The molecule has 0 unspecified atom stereocenters. The second-order valence-electron chi connectivity index (χ2n) is 8.06. The summed E-state index contributed by atoms with van der Waals surface area (Å²) in [4.78, 5) is 13.4. The summed E-state index contributed by atoms with van der Waals surface area (Å²) in [5, 5.41) is 9.18. The molecule has 0 saturated carbocycles. The average molecular weight is 405 g/mol. The van der Waals surface area contributed by atoms with Crippen molar-refractivity contribution in [3.8, 4) is 0 Å². The van der Waals surface area contributed by atoms with Gasteiger partial charge < -0.3 is 10.0 Å². The van der Waals surface area contributed by atoms with Gasteiger partial charge in [-0.2, -0.15) is 13.2 Å². The molecule has 3 nitrogen and oxygen atoms in total. The Kier molecular flexibility index (Phi) is 6.20. The molecule has 0 spiro atoms. The first-order valence-electron chi connectivity index (χ1n) is 9.90. The number of alkyl halides is 3. The minimum absolute atomic E-state index is 0.00554. The second-order valence-corrected chi connectivity index (χ2v) is 8.06. The SMILES string of the molecule is CC(C)c1ccc(N2CC[C@H](CC(=O)O)C[C@H]2c2ccc(C(F)(F)F)cc2)cc1. The highest BCUT2D eigenvalue weighted by Gasteiger charge is 2.33. The molecule has 1 heterocycles. The summed E-state index contributed by atoms with van der Waals surface area (Å²) in [6.45, 7) is 4.92. The van der Waals surface area contributed by atoms with E-state index in [0.29, 0.717) is 18.9 Å². The van der Waals surface area contributed by atoms with Gasteiger partial charge in [-0.1, -0.05) is 38.1 Å². The van der Waals surface area contributed by atoms with Crippen LogP contribution >= 0.6 is 0 Å². The van der Waals surface area contributed by atoms with Gasteiger partial charge in [0.15, 0.2) is 0 Å². The van der Waals surface area contributed by atoms with Crippen LogP contribution in [0.3, 0.4) is 0 Å². The minimum atomic E-state index is -4.37. The van der Waals surface area contributed by atoms with Crippen molar-refractivity contribution in [3.63, 3.8) is 0 Å². The van der Waals surface area contributed by atoms with Gasteiger partial charge in [0.1, 0.15) is 0 Å². The molecule has 0 aliphatic carbocycles. The third-order valence-electron chi connectivity index (χ3n) is 5.69. The number of carboxylic acids is 1. The summed E-state index contributed by atoms with van der Waals surface area (Å²) in [6.07, 6.45) is -2.94. The van der Waals surface area contributed by atoms with Gasteiger partial charge in [-0.05, 0) is 60.1 Å². The Bertz CT molecular complexity index is 829. The molecule has 0 radical (unpaired) electrons. The van der Waals surface area contributed by atoms with Crippen molar-refractivity contribution in [2.75, 3.05) is 11.4 Å². The Morgan fingerprint density at radius 1 is 1.10 bits per heavy atom. The monoisotopic (exact) mass is 405 g/mol. The van der Waals surface area contributed by atoms with Crippen LogP contribution in [-0.2, 0) is 11.0 Å². The van der Waals surface area contributed by atoms with Crippen LogP contribution in [0.5, 0.6) is 0 Å². The van der Waals surface area contributed by atoms with Gasteiger partial charge in [0.25, 0.3) is 0 Å². The first-order valence-corrected chi connectivity index (χ1v) is 9.90. The number of aliphatic carboxylic acids is 1. The molecule has 2 atom stereocenters. The Hall–Kier alpha value is -2.50. The van der Waals surface area contributed by atoms with Crippen LogP contribution < -0.4 is 4.90 Å². The van der Waals surface area contributed by atoms with E-state index in [-0.39, 0.29) is 18.4 Å². The Morgan fingerprint density at radius 3 is 2.24 bits per heavy atom. The maximum absolute atomic E-state index is 12.9. The van der Waals surface area contributed by atoms with Crippen molar-refractivity contribution in [2.45, 2.75) is 51.2 Å². The normalized spacial score (nSPS) is 20.1. The topological polar surface area (TPSA) is 40.5 Å². The fraction of sp³-hybridized carbons (Fsp3) is 0.435. The van der Waals surface area contributed by atoms with Crippen molar-refractivity contribution in [3.05, 3.63) is 65.2 Å². The molecule has 2 aromatic rings. The van der Waals surface area contributed by atoms with Crippen LogP contribution in [0.25, 0.3) is 0 Å². The first-order chi connectivity index (χ1) is 13.6. The number of benzene rings is 2. The highest BCUT2D eigenvalue weighted by Crippen LogP contribution is 2.40. The third-order valence-corrected chi connectivity index (χ3v) is 5.69. The first kappa shape index (κ1) is 21.2. The number of carbonyl (C=O) groups is 1. The number of nitrogens with zero attached hydrogens (tertiary/aromatic N) is 1. The van der Waals surface area contributed by atoms with E-state index in [1.54, 1.807) is 0 Å². The lowest BCUT2D eigenvalue weighted by Crippen LogP contribution is -2.37. The van der Waals surface area contributed by atoms with Gasteiger partial charge >= 0.3 is 12.1 Å². The summed E-state index contributed by atoms with van der Waals surface area (Å²) in [5.74, 6) is -0.419. The van der Waals surface area contributed by atoms with Crippen LogP contribution in [0.2, 0.25) is 0 Å². The number of hydrogen-bond donors (Lipinski definition) is 1. The van der Waals surface area contributed by atoms with Crippen molar-refractivity contribution in [2.24, 2.45) is 5.92 Å². The van der Waals surface area contributed by atoms with Gasteiger partial charge in [-0.25, -0.2) is 0 Å². The lowest BCUT2D eigenvalue weighted by molar-refractivity contribution is -0.139. The third kappa shape index (κ3) is 5.11. The van der Waals surface area contributed by atoms with Crippen LogP contribution in [-0.4, -0.2) is 17.6 Å². The number of anilines is 1. The smallest absolute Gasteiger partial charge is 0.416 e. The van der Waals surface area contributed by atoms with Crippen LogP contribution in [0, 0.1) is 5.92 Å². The maximum atomic E-state index is 12.9. The number of hydrogen-bond acceptors (Lipinski definition) is 2.